The molecular weight excluding hydrogens is 311 g/mol. The van der Waals surface area contributed by atoms with Gasteiger partial charge in [-0.1, -0.05) is 46.2 Å². The molecule has 0 saturated heterocycles. The van der Waals surface area contributed by atoms with Crippen molar-refractivity contribution in [2.24, 2.45) is 5.16 Å². The van der Waals surface area contributed by atoms with Crippen molar-refractivity contribution in [1.29, 1.82) is 0 Å². The molecule has 2 aromatic rings. The lowest BCUT2D eigenvalue weighted by Gasteiger charge is -2.07. The Morgan fingerprint density at radius 2 is 1.90 bits per heavy atom. The highest BCUT2D eigenvalue weighted by Crippen LogP contribution is 2.31. The summed E-state index contributed by atoms with van der Waals surface area (Å²) in [7, 11) is 0. The summed E-state index contributed by atoms with van der Waals surface area (Å²) in [6, 6.07) is 6.54. The van der Waals surface area contributed by atoms with Crippen molar-refractivity contribution in [3.63, 3.8) is 0 Å². The highest BCUT2D eigenvalue weighted by molar-refractivity contribution is 6.65. The monoisotopic (exact) mass is 317 g/mol. The molecule has 0 aliphatic carbocycles. The maximum atomic E-state index is 12.4. The summed E-state index contributed by atoms with van der Waals surface area (Å²) in [5, 5.41) is 7.31. The van der Waals surface area contributed by atoms with Crippen LogP contribution >= 0.6 is 11.6 Å². The van der Waals surface area contributed by atoms with Crippen LogP contribution < -0.4 is 0 Å². The first-order chi connectivity index (χ1) is 9.93. The van der Waals surface area contributed by atoms with E-state index in [9.17, 15) is 13.2 Å². The van der Waals surface area contributed by atoms with Crippen molar-refractivity contribution >= 4 is 16.8 Å². The zero-order chi connectivity index (χ0) is 15.0. The molecule has 1 aliphatic heterocycles. The fraction of sp³-hybridized carbons (Fsp3) is 0.250. The molecule has 0 saturated carbocycles. The second-order valence-corrected chi connectivity index (χ2v) is 4.74. The second-order valence-electron chi connectivity index (χ2n) is 4.31. The fourth-order valence-electron chi connectivity index (χ4n) is 1.83. The highest BCUT2D eigenvalue weighted by atomic mass is 35.5. The summed E-state index contributed by atoms with van der Waals surface area (Å²) in [6.07, 6.45) is -4.49. The lowest BCUT2D eigenvalue weighted by atomic mass is 10.1. The van der Waals surface area contributed by atoms with E-state index in [0.717, 1.165) is 5.56 Å². The summed E-state index contributed by atoms with van der Waals surface area (Å²) in [5.74, 6) is -1.50. The van der Waals surface area contributed by atoms with Crippen molar-refractivity contribution in [2.75, 3.05) is 0 Å². The van der Waals surface area contributed by atoms with Crippen molar-refractivity contribution in [3.05, 3.63) is 35.7 Å². The van der Waals surface area contributed by atoms with Crippen LogP contribution in [0.15, 0.2) is 33.9 Å². The van der Waals surface area contributed by atoms with E-state index in [0.29, 0.717) is 17.2 Å². The van der Waals surface area contributed by atoms with E-state index in [1.165, 1.54) is 0 Å². The predicted octanol–water partition coefficient (Wildman–Crippen LogP) is 3.77. The molecule has 1 aromatic heterocycles. The maximum absolute atomic E-state index is 12.4. The van der Waals surface area contributed by atoms with Gasteiger partial charge in [0.05, 0.1) is 0 Å². The van der Waals surface area contributed by atoms with E-state index in [4.69, 9.17) is 16.4 Å². The van der Waals surface area contributed by atoms with Gasteiger partial charge in [-0.2, -0.15) is 18.2 Å². The average molecular weight is 318 g/mol. The molecule has 0 fully saturated rings. The van der Waals surface area contributed by atoms with Crippen LogP contribution in [0, 0.1) is 0 Å². The molecule has 1 unspecified atom stereocenters. The van der Waals surface area contributed by atoms with Gasteiger partial charge in [-0.25, -0.2) is 0 Å². The number of rotatable bonds is 2. The van der Waals surface area contributed by atoms with Crippen LogP contribution in [0.2, 0.25) is 0 Å². The van der Waals surface area contributed by atoms with E-state index in [1.807, 2.05) is 0 Å². The molecule has 5 nitrogen and oxygen atoms in total. The number of hydrogen-bond acceptors (Lipinski definition) is 5. The van der Waals surface area contributed by atoms with Crippen LogP contribution in [0.1, 0.15) is 24.0 Å². The normalized spacial score (nSPS) is 18.5. The van der Waals surface area contributed by atoms with E-state index >= 15 is 0 Å². The molecule has 1 atom stereocenters. The lowest BCUT2D eigenvalue weighted by Crippen LogP contribution is -2.04. The minimum Gasteiger partial charge on any atom is -0.386 e. The Morgan fingerprint density at radius 1 is 1.19 bits per heavy atom. The van der Waals surface area contributed by atoms with E-state index in [-0.39, 0.29) is 11.9 Å². The minimum absolute atomic E-state index is 0.129. The first-order valence-electron chi connectivity index (χ1n) is 5.83. The largest absolute Gasteiger partial charge is 0.471 e. The van der Waals surface area contributed by atoms with Crippen LogP contribution in [0.5, 0.6) is 0 Å². The third-order valence-electron chi connectivity index (χ3n) is 2.84. The lowest BCUT2D eigenvalue weighted by molar-refractivity contribution is -0.159. The van der Waals surface area contributed by atoms with Gasteiger partial charge in [0, 0.05) is 12.0 Å². The zero-order valence-electron chi connectivity index (χ0n) is 10.3. The van der Waals surface area contributed by atoms with Crippen LogP contribution in [-0.2, 0) is 11.0 Å². The average Bonchev–Trinajstić information content (AvgIpc) is 3.07. The number of nitrogens with zero attached hydrogens (tertiary/aromatic N) is 3. The molecule has 3 rings (SSSR count). The molecule has 0 radical (unpaired) electrons. The second kappa shape index (κ2) is 5.03. The molecule has 1 aliphatic rings. The predicted molar refractivity (Wildman–Crippen MR) is 66.5 cm³/mol. The minimum atomic E-state index is -4.66. The molecule has 0 amide bonds. The first kappa shape index (κ1) is 13.9. The molecule has 9 heteroatoms. The molecule has 2 heterocycles. The zero-order valence-corrected chi connectivity index (χ0v) is 11.0. The summed E-state index contributed by atoms with van der Waals surface area (Å²) in [6.45, 7) is 0. The first-order valence-corrected chi connectivity index (χ1v) is 6.21. The van der Waals surface area contributed by atoms with Gasteiger partial charge in [0.15, 0.2) is 6.10 Å². The number of halogens is 4. The molecule has 21 heavy (non-hydrogen) atoms. The van der Waals surface area contributed by atoms with Gasteiger partial charge in [0.1, 0.15) is 5.17 Å². The number of benzene rings is 1. The number of hydrogen-bond donors (Lipinski definition) is 0. The van der Waals surface area contributed by atoms with Crippen LogP contribution in [-0.4, -0.2) is 15.3 Å². The standard InChI is InChI=1S/C12H7ClF3N3O2/c13-9-5-8(20-18-9)6-1-3-7(4-2-6)10-17-11(21-19-10)12(14,15)16/h1-4,8H,5H2. The summed E-state index contributed by atoms with van der Waals surface area (Å²) >= 11 is 5.72. The van der Waals surface area contributed by atoms with Crippen LogP contribution in [0.4, 0.5) is 13.2 Å². The van der Waals surface area contributed by atoms with Gasteiger partial charge in [-0.15, -0.1) is 0 Å². The van der Waals surface area contributed by atoms with Crippen LogP contribution in [0.3, 0.4) is 0 Å². The highest BCUT2D eigenvalue weighted by Gasteiger charge is 2.38. The molecule has 1 aromatic carbocycles. The number of aromatic nitrogens is 2. The Bertz CT molecular complexity index is 682. The molecular formula is C12H7ClF3N3O2. The summed E-state index contributed by atoms with van der Waals surface area (Å²) in [5.41, 5.74) is 1.21. The third kappa shape index (κ3) is 2.85. The molecule has 0 spiro atoms. The van der Waals surface area contributed by atoms with Crippen LogP contribution in [0.25, 0.3) is 11.4 Å². The Hall–Kier alpha value is -2.09. The summed E-state index contributed by atoms with van der Waals surface area (Å²) < 4.78 is 41.3. The smallest absolute Gasteiger partial charge is 0.386 e. The van der Waals surface area contributed by atoms with Crippen molar-refractivity contribution in [1.82, 2.24) is 10.1 Å². The van der Waals surface area contributed by atoms with E-state index in [2.05, 4.69) is 19.8 Å². The van der Waals surface area contributed by atoms with E-state index < -0.39 is 12.1 Å². The van der Waals surface area contributed by atoms with Gasteiger partial charge in [-0.05, 0) is 5.56 Å². The van der Waals surface area contributed by atoms with Gasteiger partial charge in [0.25, 0.3) is 0 Å². The van der Waals surface area contributed by atoms with Crippen molar-refractivity contribution in [2.45, 2.75) is 18.7 Å². The van der Waals surface area contributed by atoms with Crippen molar-refractivity contribution < 1.29 is 22.5 Å². The van der Waals surface area contributed by atoms with Gasteiger partial charge in [0.2, 0.25) is 5.82 Å². The van der Waals surface area contributed by atoms with E-state index in [1.54, 1.807) is 24.3 Å². The molecule has 0 N–H and O–H groups in total. The fourth-order valence-corrected chi connectivity index (χ4v) is 2.01. The Labute approximate surface area is 121 Å². The number of oxime groups is 1. The number of alkyl halides is 3. The quantitative estimate of drug-likeness (QED) is 0.846. The maximum Gasteiger partial charge on any atom is 0.471 e. The third-order valence-corrected chi connectivity index (χ3v) is 3.07. The topological polar surface area (TPSA) is 60.5 Å². The summed E-state index contributed by atoms with van der Waals surface area (Å²) in [4.78, 5) is 8.42. The van der Waals surface area contributed by atoms with Gasteiger partial charge in [-0.3, -0.25) is 0 Å². The molecule has 110 valence electrons. The molecule has 0 bridgehead atoms. The van der Waals surface area contributed by atoms with Gasteiger partial charge < -0.3 is 9.36 Å². The van der Waals surface area contributed by atoms with Gasteiger partial charge >= 0.3 is 12.1 Å². The van der Waals surface area contributed by atoms with Crippen molar-refractivity contribution in [3.8, 4) is 11.4 Å². The Kier molecular flexibility index (Phi) is 3.32. The Morgan fingerprint density at radius 3 is 2.43 bits per heavy atom. The Balaban J connectivity index is 1.80. The SMILES string of the molecule is FC(F)(F)c1nc(-c2ccc(C3CC(Cl)=NO3)cc2)no1.